The minimum Gasteiger partial charge on any atom is -0.365 e. The first kappa shape index (κ1) is 22.9. The fourth-order valence-electron chi connectivity index (χ4n) is 3.61. The number of aromatic nitrogens is 2. The van der Waals surface area contributed by atoms with Gasteiger partial charge in [0.2, 0.25) is 0 Å². The number of carbonyl (C=O) groups is 2. The Balaban J connectivity index is 1.60. The Bertz CT molecular complexity index is 1260. The number of nitrogens with two attached hydrogens (primary N) is 1. The third-order valence-electron chi connectivity index (χ3n) is 5.13. The molecule has 0 atom stereocenters. The molecule has 4 rings (SSSR count). The van der Waals surface area contributed by atoms with Crippen molar-refractivity contribution in [2.24, 2.45) is 5.73 Å². The number of primary amides is 1. The lowest BCUT2D eigenvalue weighted by Gasteiger charge is -2.28. The van der Waals surface area contributed by atoms with Gasteiger partial charge >= 0.3 is 12.2 Å². The zero-order valence-corrected chi connectivity index (χ0v) is 18.3. The van der Waals surface area contributed by atoms with Gasteiger partial charge in [-0.2, -0.15) is 18.3 Å². The Morgan fingerprint density at radius 1 is 1.09 bits per heavy atom. The van der Waals surface area contributed by atoms with Gasteiger partial charge in [0.1, 0.15) is 5.69 Å². The number of nitrogens with one attached hydrogen (secondary N) is 1. The second-order valence-corrected chi connectivity index (χ2v) is 8.16. The molecule has 2 heterocycles. The number of hydrogen-bond donors (Lipinski definition) is 2. The molecule has 0 aliphatic carbocycles. The summed E-state index contributed by atoms with van der Waals surface area (Å²) in [4.78, 5) is 26.4. The van der Waals surface area contributed by atoms with Crippen LogP contribution in [0, 0.1) is 0 Å². The van der Waals surface area contributed by atoms with E-state index in [0.29, 0.717) is 22.0 Å². The SMILES string of the molecule is NC(=O)c1c(-c2cccc(Cl)c2)nn2c1CN(C(=O)Nc1ccc(Cl)c(C(F)(F)F)c1)CC2. The molecule has 1 aliphatic heterocycles. The van der Waals surface area contributed by atoms with Crippen LogP contribution < -0.4 is 11.1 Å². The first-order valence-electron chi connectivity index (χ1n) is 9.62. The number of fused-ring (bicyclic) bond motifs is 1. The largest absolute Gasteiger partial charge is 0.417 e. The summed E-state index contributed by atoms with van der Waals surface area (Å²) in [5.74, 6) is -0.721. The highest BCUT2D eigenvalue weighted by atomic mass is 35.5. The van der Waals surface area contributed by atoms with Crippen LogP contribution in [-0.2, 0) is 19.3 Å². The minimum absolute atomic E-state index is 0.0165. The molecule has 0 fully saturated rings. The lowest BCUT2D eigenvalue weighted by molar-refractivity contribution is -0.137. The summed E-state index contributed by atoms with van der Waals surface area (Å²) < 4.78 is 40.9. The van der Waals surface area contributed by atoms with Crippen LogP contribution >= 0.6 is 23.2 Å². The molecular weight excluding hydrogens is 482 g/mol. The number of amides is 3. The zero-order chi connectivity index (χ0) is 23.9. The number of urea groups is 1. The molecule has 1 aliphatic rings. The summed E-state index contributed by atoms with van der Waals surface area (Å²) in [6.45, 7) is 0.461. The van der Waals surface area contributed by atoms with Gasteiger partial charge in [-0.3, -0.25) is 9.48 Å². The molecule has 0 unspecified atom stereocenters. The standard InChI is InChI=1S/C21H16Cl2F3N5O2/c22-12-3-1-2-11(8-12)18-17(19(27)32)16-10-30(6-7-31(16)29-18)20(33)28-13-4-5-15(23)14(9-13)21(24,25)26/h1-5,8-9H,6-7,10H2,(H2,27,32)(H,28,33). The normalized spacial score (nSPS) is 13.5. The summed E-state index contributed by atoms with van der Waals surface area (Å²) in [6, 6.07) is 9.23. The number of hydrogen-bond acceptors (Lipinski definition) is 3. The number of rotatable bonds is 3. The lowest BCUT2D eigenvalue weighted by Crippen LogP contribution is -2.41. The molecule has 7 nitrogen and oxygen atoms in total. The second-order valence-electron chi connectivity index (χ2n) is 7.31. The van der Waals surface area contributed by atoms with Crippen molar-refractivity contribution < 1.29 is 22.8 Å². The van der Waals surface area contributed by atoms with Gasteiger partial charge in [0.05, 0.1) is 34.9 Å². The first-order chi connectivity index (χ1) is 15.5. The highest BCUT2D eigenvalue weighted by molar-refractivity contribution is 6.31. The van der Waals surface area contributed by atoms with Gasteiger partial charge in [-0.25, -0.2) is 4.79 Å². The van der Waals surface area contributed by atoms with Crippen molar-refractivity contribution in [2.75, 3.05) is 11.9 Å². The third-order valence-corrected chi connectivity index (χ3v) is 5.70. The number of alkyl halides is 3. The van der Waals surface area contributed by atoms with Gasteiger partial charge in [0.25, 0.3) is 5.91 Å². The summed E-state index contributed by atoms with van der Waals surface area (Å²) >= 11 is 11.7. The summed E-state index contributed by atoms with van der Waals surface area (Å²) in [5.41, 5.74) is 6.00. The Labute approximate surface area is 195 Å². The van der Waals surface area contributed by atoms with Crippen LogP contribution in [0.15, 0.2) is 42.5 Å². The van der Waals surface area contributed by atoms with E-state index in [1.165, 1.54) is 11.0 Å². The average molecular weight is 498 g/mol. The van der Waals surface area contributed by atoms with E-state index in [1.54, 1.807) is 28.9 Å². The number of benzene rings is 2. The number of halogens is 5. The topological polar surface area (TPSA) is 93.2 Å². The van der Waals surface area contributed by atoms with Gasteiger partial charge in [0, 0.05) is 22.8 Å². The molecule has 0 saturated carbocycles. The molecular formula is C21H16Cl2F3N5O2. The van der Waals surface area contributed by atoms with Crippen molar-refractivity contribution in [3.05, 3.63) is 69.3 Å². The first-order valence-corrected chi connectivity index (χ1v) is 10.4. The van der Waals surface area contributed by atoms with Crippen LogP contribution in [-0.4, -0.2) is 33.2 Å². The molecule has 172 valence electrons. The van der Waals surface area contributed by atoms with Crippen LogP contribution in [0.5, 0.6) is 0 Å². The molecule has 33 heavy (non-hydrogen) atoms. The molecule has 3 amide bonds. The fourth-order valence-corrected chi connectivity index (χ4v) is 4.03. The molecule has 3 N–H and O–H groups in total. The van der Waals surface area contributed by atoms with E-state index < -0.39 is 28.7 Å². The molecule has 12 heteroatoms. The Morgan fingerprint density at radius 2 is 1.85 bits per heavy atom. The van der Waals surface area contributed by atoms with Crippen molar-refractivity contribution in [1.29, 1.82) is 0 Å². The van der Waals surface area contributed by atoms with E-state index in [2.05, 4.69) is 10.4 Å². The van der Waals surface area contributed by atoms with Gasteiger partial charge in [-0.1, -0.05) is 35.3 Å². The maximum Gasteiger partial charge on any atom is 0.417 e. The van der Waals surface area contributed by atoms with Gasteiger partial charge in [-0.15, -0.1) is 0 Å². The van der Waals surface area contributed by atoms with E-state index in [1.807, 2.05) is 0 Å². The van der Waals surface area contributed by atoms with Gasteiger partial charge < -0.3 is 16.0 Å². The van der Waals surface area contributed by atoms with Crippen LogP contribution in [0.2, 0.25) is 10.0 Å². The van der Waals surface area contributed by atoms with Crippen LogP contribution in [0.1, 0.15) is 21.6 Å². The summed E-state index contributed by atoms with van der Waals surface area (Å²) in [5, 5.41) is 6.89. The van der Waals surface area contributed by atoms with Crippen molar-refractivity contribution in [2.45, 2.75) is 19.3 Å². The Morgan fingerprint density at radius 3 is 2.52 bits per heavy atom. The molecule has 0 spiro atoms. The van der Waals surface area contributed by atoms with Crippen molar-refractivity contribution in [1.82, 2.24) is 14.7 Å². The Hall–Kier alpha value is -3.24. The minimum atomic E-state index is -4.66. The predicted octanol–water partition coefficient (Wildman–Crippen LogP) is 5.02. The number of anilines is 1. The quantitative estimate of drug-likeness (QED) is 0.531. The highest BCUT2D eigenvalue weighted by Gasteiger charge is 2.34. The predicted molar refractivity (Wildman–Crippen MR) is 117 cm³/mol. The number of nitrogens with zero attached hydrogens (tertiary/aromatic N) is 3. The molecule has 0 radical (unpaired) electrons. The third kappa shape index (κ3) is 4.62. The van der Waals surface area contributed by atoms with Gasteiger partial charge in [0.15, 0.2) is 0 Å². The molecule has 0 saturated heterocycles. The van der Waals surface area contributed by atoms with E-state index >= 15 is 0 Å². The highest BCUT2D eigenvalue weighted by Crippen LogP contribution is 2.36. The van der Waals surface area contributed by atoms with Gasteiger partial charge in [-0.05, 0) is 30.3 Å². The average Bonchev–Trinajstić information content (AvgIpc) is 3.13. The van der Waals surface area contributed by atoms with E-state index in [9.17, 15) is 22.8 Å². The van der Waals surface area contributed by atoms with E-state index in [0.717, 1.165) is 12.1 Å². The van der Waals surface area contributed by atoms with Crippen LogP contribution in [0.25, 0.3) is 11.3 Å². The zero-order valence-electron chi connectivity index (χ0n) is 16.8. The number of carbonyl (C=O) groups excluding carboxylic acids is 2. The molecule has 2 aromatic carbocycles. The van der Waals surface area contributed by atoms with Crippen molar-refractivity contribution in [3.63, 3.8) is 0 Å². The second kappa shape index (κ2) is 8.60. The summed E-state index contributed by atoms with van der Waals surface area (Å²) in [7, 11) is 0. The van der Waals surface area contributed by atoms with E-state index in [4.69, 9.17) is 28.9 Å². The lowest BCUT2D eigenvalue weighted by atomic mass is 10.0. The van der Waals surface area contributed by atoms with Crippen LogP contribution in [0.3, 0.4) is 0 Å². The Kier molecular flexibility index (Phi) is 5.98. The fraction of sp³-hybridized carbons (Fsp3) is 0.190. The molecule has 0 bridgehead atoms. The monoisotopic (exact) mass is 497 g/mol. The van der Waals surface area contributed by atoms with Crippen molar-refractivity contribution in [3.8, 4) is 11.3 Å². The smallest absolute Gasteiger partial charge is 0.365 e. The molecule has 1 aromatic heterocycles. The van der Waals surface area contributed by atoms with Crippen molar-refractivity contribution >= 4 is 40.8 Å². The summed E-state index contributed by atoms with van der Waals surface area (Å²) in [6.07, 6.45) is -4.66. The maximum atomic E-state index is 13.1. The molecule has 3 aromatic rings. The maximum absolute atomic E-state index is 13.1. The van der Waals surface area contributed by atoms with Crippen LogP contribution in [0.4, 0.5) is 23.7 Å². The van der Waals surface area contributed by atoms with E-state index in [-0.39, 0.29) is 30.9 Å².